The second-order valence-electron chi connectivity index (χ2n) is 11.2. The molecule has 1 aliphatic carbocycles. The number of carbonyl (C=O) groups is 3. The maximum atomic E-state index is 13.9. The topological polar surface area (TPSA) is 97.0 Å². The van der Waals surface area contributed by atoms with Crippen LogP contribution in [0, 0.1) is 23.7 Å². The van der Waals surface area contributed by atoms with Crippen LogP contribution < -0.4 is 15.4 Å². The standard InChI is InChI=1S/C29H39N3O5/c1-5-6-16-32-25(27(34)31-21-9-7-8-17(2)18(21)3)29-15-14-22(37-29)23(24(29)28(32)35)26(33)30-19-10-12-20(36-4)13-11-19/h10-15,17-18,21-25H,5-9,16H2,1-4H3,(H,30,33)(H,31,34). The van der Waals surface area contributed by atoms with Gasteiger partial charge in [-0.3, -0.25) is 14.4 Å². The number of ether oxygens (including phenoxy) is 2. The molecule has 2 bridgehead atoms. The molecule has 0 aromatic heterocycles. The Labute approximate surface area is 219 Å². The Morgan fingerprint density at radius 3 is 2.62 bits per heavy atom. The number of unbranched alkanes of at least 4 members (excludes halogenated alkanes) is 1. The van der Waals surface area contributed by atoms with Crippen molar-refractivity contribution in [3.8, 4) is 5.75 Å². The molecule has 37 heavy (non-hydrogen) atoms. The molecule has 3 amide bonds. The van der Waals surface area contributed by atoms with E-state index in [-0.39, 0.29) is 23.8 Å². The first-order valence-corrected chi connectivity index (χ1v) is 13.7. The number of likely N-dealkylation sites (tertiary alicyclic amines) is 1. The molecule has 3 heterocycles. The second kappa shape index (κ2) is 10.1. The predicted molar refractivity (Wildman–Crippen MR) is 140 cm³/mol. The molecule has 1 saturated carbocycles. The number of hydrogen-bond donors (Lipinski definition) is 2. The van der Waals surface area contributed by atoms with Crippen LogP contribution in [0.4, 0.5) is 5.69 Å². The minimum absolute atomic E-state index is 0.0755. The fourth-order valence-corrected chi connectivity index (χ4v) is 6.78. The third-order valence-electron chi connectivity index (χ3n) is 9.07. The van der Waals surface area contributed by atoms with Gasteiger partial charge in [0.15, 0.2) is 0 Å². The van der Waals surface area contributed by atoms with Gasteiger partial charge in [0, 0.05) is 18.3 Å². The maximum Gasteiger partial charge on any atom is 0.246 e. The van der Waals surface area contributed by atoms with Crippen LogP contribution in [0.3, 0.4) is 0 Å². The Morgan fingerprint density at radius 2 is 1.92 bits per heavy atom. The fourth-order valence-electron chi connectivity index (χ4n) is 6.78. The average molecular weight is 510 g/mol. The summed E-state index contributed by atoms with van der Waals surface area (Å²) in [5.74, 6) is -0.435. The van der Waals surface area contributed by atoms with Crippen molar-refractivity contribution in [2.75, 3.05) is 19.0 Å². The Hall–Kier alpha value is -2.87. The van der Waals surface area contributed by atoms with Crippen molar-refractivity contribution in [1.29, 1.82) is 0 Å². The first-order valence-electron chi connectivity index (χ1n) is 13.7. The molecule has 2 N–H and O–H groups in total. The summed E-state index contributed by atoms with van der Waals surface area (Å²) >= 11 is 0. The number of benzene rings is 1. The summed E-state index contributed by atoms with van der Waals surface area (Å²) < 4.78 is 11.6. The molecule has 0 radical (unpaired) electrons. The largest absolute Gasteiger partial charge is 0.497 e. The van der Waals surface area contributed by atoms with Crippen molar-refractivity contribution >= 4 is 23.4 Å². The summed E-state index contributed by atoms with van der Waals surface area (Å²) in [7, 11) is 1.59. The molecule has 4 aliphatic rings. The third kappa shape index (κ3) is 4.33. The number of amides is 3. The zero-order valence-electron chi connectivity index (χ0n) is 22.2. The molecule has 8 nitrogen and oxygen atoms in total. The summed E-state index contributed by atoms with van der Waals surface area (Å²) in [6.45, 7) is 6.96. The first kappa shape index (κ1) is 25.8. The van der Waals surface area contributed by atoms with Crippen molar-refractivity contribution in [2.45, 2.75) is 76.7 Å². The van der Waals surface area contributed by atoms with Crippen LogP contribution in [0.5, 0.6) is 5.75 Å². The molecule has 2 saturated heterocycles. The van der Waals surface area contributed by atoms with Gasteiger partial charge in [0.05, 0.1) is 25.0 Å². The minimum Gasteiger partial charge on any atom is -0.497 e. The number of carbonyl (C=O) groups excluding carboxylic acids is 3. The van der Waals surface area contributed by atoms with Crippen LogP contribution in [-0.4, -0.2) is 60.1 Å². The zero-order chi connectivity index (χ0) is 26.3. The molecule has 8 heteroatoms. The van der Waals surface area contributed by atoms with Gasteiger partial charge in [0.1, 0.15) is 17.4 Å². The van der Waals surface area contributed by atoms with E-state index in [9.17, 15) is 14.4 Å². The van der Waals surface area contributed by atoms with E-state index < -0.39 is 29.6 Å². The van der Waals surface area contributed by atoms with E-state index in [1.165, 1.54) is 6.42 Å². The highest BCUT2D eigenvalue weighted by Crippen LogP contribution is 2.55. The molecule has 8 atom stereocenters. The highest BCUT2D eigenvalue weighted by atomic mass is 16.5. The van der Waals surface area contributed by atoms with Crippen LogP contribution in [0.25, 0.3) is 0 Å². The molecule has 1 aromatic rings. The van der Waals surface area contributed by atoms with E-state index in [0.717, 1.165) is 25.7 Å². The van der Waals surface area contributed by atoms with E-state index in [2.05, 4.69) is 31.4 Å². The van der Waals surface area contributed by atoms with Crippen molar-refractivity contribution in [3.63, 3.8) is 0 Å². The van der Waals surface area contributed by atoms with E-state index in [4.69, 9.17) is 9.47 Å². The first-order chi connectivity index (χ1) is 17.8. The molecule has 1 spiro atoms. The highest BCUT2D eigenvalue weighted by Gasteiger charge is 2.72. The van der Waals surface area contributed by atoms with Gasteiger partial charge in [-0.15, -0.1) is 0 Å². The molecular weight excluding hydrogens is 470 g/mol. The summed E-state index contributed by atoms with van der Waals surface area (Å²) in [5.41, 5.74) is -0.500. The lowest BCUT2D eigenvalue weighted by atomic mass is 9.73. The number of rotatable bonds is 8. The lowest BCUT2D eigenvalue weighted by Crippen LogP contribution is -2.58. The van der Waals surface area contributed by atoms with Crippen molar-refractivity contribution in [2.24, 2.45) is 23.7 Å². The van der Waals surface area contributed by atoms with Gasteiger partial charge >= 0.3 is 0 Å². The van der Waals surface area contributed by atoms with Gasteiger partial charge in [-0.25, -0.2) is 0 Å². The normalized spacial score (nSPS) is 35.9. The fraction of sp³-hybridized carbons (Fsp3) is 0.621. The minimum atomic E-state index is -1.12. The van der Waals surface area contributed by atoms with Crippen molar-refractivity contribution in [1.82, 2.24) is 10.2 Å². The monoisotopic (exact) mass is 509 g/mol. The van der Waals surface area contributed by atoms with E-state index >= 15 is 0 Å². The highest BCUT2D eigenvalue weighted by molar-refractivity contribution is 6.02. The molecule has 5 rings (SSSR count). The van der Waals surface area contributed by atoms with Gasteiger partial charge < -0.3 is 25.0 Å². The summed E-state index contributed by atoms with van der Waals surface area (Å²) in [6, 6.07) is 6.38. The number of methoxy groups -OCH3 is 1. The molecule has 8 unspecified atom stereocenters. The van der Waals surface area contributed by atoms with E-state index in [1.807, 2.05) is 12.2 Å². The number of hydrogen-bond acceptors (Lipinski definition) is 5. The lowest BCUT2D eigenvalue weighted by molar-refractivity contribution is -0.141. The van der Waals surface area contributed by atoms with Crippen LogP contribution in [0.1, 0.15) is 52.9 Å². The van der Waals surface area contributed by atoms with Gasteiger partial charge in [-0.1, -0.05) is 52.2 Å². The summed E-state index contributed by atoms with van der Waals surface area (Å²) in [5, 5.41) is 6.24. The number of nitrogens with zero attached hydrogens (tertiary/aromatic N) is 1. The van der Waals surface area contributed by atoms with Crippen LogP contribution in [0.2, 0.25) is 0 Å². The van der Waals surface area contributed by atoms with Crippen LogP contribution in [0.15, 0.2) is 36.4 Å². The summed E-state index contributed by atoms with van der Waals surface area (Å²) in [4.78, 5) is 43.0. The maximum absolute atomic E-state index is 13.9. The second-order valence-corrected chi connectivity index (χ2v) is 11.2. The molecule has 1 aromatic carbocycles. The van der Waals surface area contributed by atoms with Crippen LogP contribution >= 0.6 is 0 Å². The van der Waals surface area contributed by atoms with Gasteiger partial charge in [-0.2, -0.15) is 0 Å². The van der Waals surface area contributed by atoms with Gasteiger partial charge in [-0.05, 0) is 48.9 Å². The summed E-state index contributed by atoms with van der Waals surface area (Å²) in [6.07, 6.45) is 8.07. The lowest BCUT2D eigenvalue weighted by Gasteiger charge is -2.38. The van der Waals surface area contributed by atoms with E-state index in [0.29, 0.717) is 29.8 Å². The van der Waals surface area contributed by atoms with Crippen molar-refractivity contribution < 1.29 is 23.9 Å². The molecule has 3 fully saturated rings. The Bertz CT molecular complexity index is 1070. The molecule has 200 valence electrons. The Morgan fingerprint density at radius 1 is 1.16 bits per heavy atom. The molecule has 3 aliphatic heterocycles. The quantitative estimate of drug-likeness (QED) is 0.523. The zero-order valence-corrected chi connectivity index (χ0v) is 22.2. The number of nitrogens with one attached hydrogen (secondary N) is 2. The molecular formula is C29H39N3O5. The van der Waals surface area contributed by atoms with E-state index in [1.54, 1.807) is 36.3 Å². The average Bonchev–Trinajstić information content (AvgIpc) is 3.53. The third-order valence-corrected chi connectivity index (χ3v) is 9.07. The number of anilines is 1. The van der Waals surface area contributed by atoms with Gasteiger partial charge in [0.2, 0.25) is 17.7 Å². The Kier molecular flexibility index (Phi) is 7.05. The predicted octanol–water partition coefficient (Wildman–Crippen LogP) is 3.53. The number of fused-ring (bicyclic) bond motifs is 1. The Balaban J connectivity index is 1.41. The van der Waals surface area contributed by atoms with Gasteiger partial charge in [0.25, 0.3) is 0 Å². The van der Waals surface area contributed by atoms with Crippen molar-refractivity contribution in [3.05, 3.63) is 36.4 Å². The SMILES string of the molecule is CCCCN1C(=O)C2C(C(=O)Nc3ccc(OC)cc3)C3C=CC2(O3)C1C(=O)NC1CCCC(C)C1C. The van der Waals surface area contributed by atoms with Crippen LogP contribution in [-0.2, 0) is 19.1 Å². The smallest absolute Gasteiger partial charge is 0.246 e.